The Labute approximate surface area is 124 Å². The van der Waals surface area contributed by atoms with Gasteiger partial charge in [0.15, 0.2) is 5.78 Å². The molecule has 4 heteroatoms. The fraction of sp³-hybridized carbons (Fsp3) is 0.353. The zero-order chi connectivity index (χ0) is 15.8. The van der Waals surface area contributed by atoms with E-state index >= 15 is 0 Å². The summed E-state index contributed by atoms with van der Waals surface area (Å²) in [5.74, 6) is -1.96. The molecule has 1 aromatic rings. The summed E-state index contributed by atoms with van der Waals surface area (Å²) in [7, 11) is 0. The average molecular weight is 288 g/mol. The summed E-state index contributed by atoms with van der Waals surface area (Å²) in [6.45, 7) is 4.65. The van der Waals surface area contributed by atoms with E-state index in [1.165, 1.54) is 13.8 Å². The Morgan fingerprint density at radius 1 is 1.14 bits per heavy atom. The summed E-state index contributed by atoms with van der Waals surface area (Å²) in [4.78, 5) is 35.2. The van der Waals surface area contributed by atoms with Gasteiger partial charge in [-0.3, -0.25) is 14.4 Å². The van der Waals surface area contributed by atoms with Crippen molar-refractivity contribution in [1.82, 2.24) is 0 Å². The van der Waals surface area contributed by atoms with E-state index in [9.17, 15) is 14.4 Å². The summed E-state index contributed by atoms with van der Waals surface area (Å²) in [5, 5.41) is 0. The summed E-state index contributed by atoms with van der Waals surface area (Å²) in [6, 6.07) is 9.31. The largest absolute Gasteiger partial charge is 0.465 e. The van der Waals surface area contributed by atoms with Crippen LogP contribution in [0.15, 0.2) is 35.9 Å². The van der Waals surface area contributed by atoms with Crippen molar-refractivity contribution in [1.29, 1.82) is 0 Å². The van der Waals surface area contributed by atoms with Crippen molar-refractivity contribution in [3.05, 3.63) is 41.5 Å². The average Bonchev–Trinajstić information content (AvgIpc) is 2.43. The molecule has 0 saturated heterocycles. The van der Waals surface area contributed by atoms with Crippen LogP contribution in [0.2, 0.25) is 0 Å². The van der Waals surface area contributed by atoms with Crippen LogP contribution in [0.4, 0.5) is 0 Å². The van der Waals surface area contributed by atoms with Gasteiger partial charge in [0.2, 0.25) is 0 Å². The van der Waals surface area contributed by atoms with Crippen LogP contribution in [0.3, 0.4) is 0 Å². The van der Waals surface area contributed by atoms with Gasteiger partial charge in [0.25, 0.3) is 0 Å². The predicted octanol–water partition coefficient (Wildman–Crippen LogP) is 2.82. The third-order valence-corrected chi connectivity index (χ3v) is 3.08. The van der Waals surface area contributed by atoms with Gasteiger partial charge in [-0.25, -0.2) is 0 Å². The fourth-order valence-corrected chi connectivity index (χ4v) is 1.91. The number of hydrogen-bond acceptors (Lipinski definition) is 4. The highest BCUT2D eigenvalue weighted by Gasteiger charge is 2.27. The normalized spacial score (nSPS) is 12.6. The van der Waals surface area contributed by atoms with Crippen LogP contribution in [-0.4, -0.2) is 24.1 Å². The smallest absolute Gasteiger partial charge is 0.316 e. The molecule has 0 saturated carbocycles. The van der Waals surface area contributed by atoms with Gasteiger partial charge in [-0.1, -0.05) is 30.3 Å². The Morgan fingerprint density at radius 2 is 1.76 bits per heavy atom. The van der Waals surface area contributed by atoms with Gasteiger partial charge >= 0.3 is 5.97 Å². The second-order valence-corrected chi connectivity index (χ2v) is 4.76. The zero-order valence-electron chi connectivity index (χ0n) is 12.6. The molecule has 0 radical (unpaired) electrons. The van der Waals surface area contributed by atoms with Crippen molar-refractivity contribution in [3.8, 4) is 0 Å². The summed E-state index contributed by atoms with van der Waals surface area (Å²) >= 11 is 0. The molecule has 4 nitrogen and oxygen atoms in total. The summed E-state index contributed by atoms with van der Waals surface area (Å²) in [5.41, 5.74) is 1.29. The number of hydrogen-bond donors (Lipinski definition) is 0. The van der Waals surface area contributed by atoms with E-state index < -0.39 is 11.9 Å². The molecule has 1 atom stereocenters. The molecule has 0 fully saturated rings. The molecule has 0 aliphatic rings. The van der Waals surface area contributed by atoms with Gasteiger partial charge < -0.3 is 4.74 Å². The first-order valence-corrected chi connectivity index (χ1v) is 6.89. The number of ketones is 2. The molecule has 0 aliphatic heterocycles. The first kappa shape index (κ1) is 16.8. The number of esters is 1. The molecule has 0 aromatic heterocycles. The highest BCUT2D eigenvalue weighted by Crippen LogP contribution is 2.19. The van der Waals surface area contributed by atoms with E-state index in [4.69, 9.17) is 4.74 Å². The van der Waals surface area contributed by atoms with E-state index in [1.807, 2.05) is 30.3 Å². The van der Waals surface area contributed by atoms with Crippen molar-refractivity contribution in [2.24, 2.45) is 5.92 Å². The molecular weight excluding hydrogens is 268 g/mol. The lowest BCUT2D eigenvalue weighted by Crippen LogP contribution is -2.25. The second kappa shape index (κ2) is 8.15. The van der Waals surface area contributed by atoms with Crippen LogP contribution in [-0.2, 0) is 19.1 Å². The van der Waals surface area contributed by atoms with Gasteiger partial charge in [-0.15, -0.1) is 0 Å². The lowest BCUT2D eigenvalue weighted by molar-refractivity contribution is -0.151. The Hall–Kier alpha value is -2.23. The predicted molar refractivity (Wildman–Crippen MR) is 80.5 cm³/mol. The molecular formula is C17H20O4. The van der Waals surface area contributed by atoms with Gasteiger partial charge in [-0.2, -0.15) is 0 Å². The second-order valence-electron chi connectivity index (χ2n) is 4.76. The number of benzene rings is 1. The molecule has 1 unspecified atom stereocenters. The minimum atomic E-state index is -0.927. The molecule has 0 amide bonds. The molecule has 0 spiro atoms. The van der Waals surface area contributed by atoms with Crippen LogP contribution in [0.25, 0.3) is 6.08 Å². The molecule has 0 N–H and O–H groups in total. The minimum Gasteiger partial charge on any atom is -0.465 e. The van der Waals surface area contributed by atoms with Gasteiger partial charge in [-0.05, 0) is 44.4 Å². The first-order chi connectivity index (χ1) is 9.95. The van der Waals surface area contributed by atoms with E-state index in [-0.39, 0.29) is 24.6 Å². The van der Waals surface area contributed by atoms with Crippen molar-refractivity contribution >= 4 is 23.6 Å². The topological polar surface area (TPSA) is 60.4 Å². The Bertz CT molecular complexity index is 543. The minimum absolute atomic E-state index is 0.0679. The number of carbonyl (C=O) groups is 3. The number of rotatable bonds is 7. The highest BCUT2D eigenvalue weighted by molar-refractivity contribution is 6.02. The number of ether oxygens (including phenoxy) is 1. The number of Topliss-reactive ketones (excluding diaryl/α,β-unsaturated/α-hetero) is 2. The SMILES string of the molecule is CCOC(=O)C(C/C(=C/c1ccccc1)C(C)=O)C(C)=O. The Morgan fingerprint density at radius 3 is 2.24 bits per heavy atom. The van der Waals surface area contributed by atoms with Gasteiger partial charge in [0, 0.05) is 0 Å². The molecule has 1 rings (SSSR count). The molecule has 0 heterocycles. The fourth-order valence-electron chi connectivity index (χ4n) is 1.91. The van der Waals surface area contributed by atoms with E-state index in [1.54, 1.807) is 13.0 Å². The van der Waals surface area contributed by atoms with Crippen LogP contribution >= 0.6 is 0 Å². The standard InChI is InChI=1S/C17H20O4/c1-4-21-17(20)16(13(3)19)11-15(12(2)18)10-14-8-6-5-7-9-14/h5-10,16H,4,11H2,1-3H3/b15-10-. The lowest BCUT2D eigenvalue weighted by Gasteiger charge is -2.13. The molecule has 0 bridgehead atoms. The van der Waals surface area contributed by atoms with Crippen LogP contribution in [0, 0.1) is 5.92 Å². The summed E-state index contributed by atoms with van der Waals surface area (Å²) in [6.07, 6.45) is 1.77. The highest BCUT2D eigenvalue weighted by atomic mass is 16.5. The molecule has 0 aliphatic carbocycles. The maximum Gasteiger partial charge on any atom is 0.316 e. The maximum atomic E-state index is 11.8. The van der Waals surface area contributed by atoms with Crippen molar-refractivity contribution in [2.45, 2.75) is 27.2 Å². The molecule has 1 aromatic carbocycles. The number of allylic oxidation sites excluding steroid dienone is 1. The summed E-state index contributed by atoms with van der Waals surface area (Å²) < 4.78 is 4.90. The zero-order valence-corrected chi connectivity index (χ0v) is 12.6. The number of carbonyl (C=O) groups excluding carboxylic acids is 3. The van der Waals surface area contributed by atoms with Crippen molar-refractivity contribution < 1.29 is 19.1 Å². The van der Waals surface area contributed by atoms with E-state index in [2.05, 4.69) is 0 Å². The van der Waals surface area contributed by atoms with Crippen LogP contribution < -0.4 is 0 Å². The van der Waals surface area contributed by atoms with Crippen LogP contribution in [0.5, 0.6) is 0 Å². The third kappa shape index (κ3) is 5.34. The van der Waals surface area contributed by atoms with Crippen molar-refractivity contribution in [2.75, 3.05) is 6.61 Å². The van der Waals surface area contributed by atoms with Crippen LogP contribution in [0.1, 0.15) is 32.8 Å². The molecule has 112 valence electrons. The van der Waals surface area contributed by atoms with Crippen molar-refractivity contribution in [3.63, 3.8) is 0 Å². The monoisotopic (exact) mass is 288 g/mol. The Balaban J connectivity index is 3.01. The van der Waals surface area contributed by atoms with E-state index in [0.29, 0.717) is 5.57 Å². The van der Waals surface area contributed by atoms with E-state index in [0.717, 1.165) is 5.56 Å². The van der Waals surface area contributed by atoms with Gasteiger partial charge in [0.05, 0.1) is 6.61 Å². The lowest BCUT2D eigenvalue weighted by atomic mass is 9.92. The molecule has 21 heavy (non-hydrogen) atoms. The Kier molecular flexibility index (Phi) is 6.53. The third-order valence-electron chi connectivity index (χ3n) is 3.08. The quantitative estimate of drug-likeness (QED) is 0.440. The van der Waals surface area contributed by atoms with Gasteiger partial charge in [0.1, 0.15) is 11.7 Å². The maximum absolute atomic E-state index is 11.8. The first-order valence-electron chi connectivity index (χ1n) is 6.89.